The second-order valence-electron chi connectivity index (χ2n) is 4.52. The Morgan fingerprint density at radius 2 is 1.78 bits per heavy atom. The van der Waals surface area contributed by atoms with Crippen LogP contribution in [0.15, 0.2) is 24.3 Å². The molecule has 0 spiro atoms. The molecule has 0 aliphatic rings. The summed E-state index contributed by atoms with van der Waals surface area (Å²) in [7, 11) is 3.39. The van der Waals surface area contributed by atoms with Crippen molar-refractivity contribution in [3.05, 3.63) is 29.8 Å². The number of benzene rings is 1. The Morgan fingerprint density at radius 3 is 2.22 bits per heavy atom. The summed E-state index contributed by atoms with van der Waals surface area (Å²) in [6.45, 7) is 3.27. The van der Waals surface area contributed by atoms with Gasteiger partial charge in [0.25, 0.3) is 5.91 Å². The highest BCUT2D eigenvalue weighted by Crippen LogP contribution is 2.15. The zero-order valence-corrected chi connectivity index (χ0v) is 11.3. The minimum Gasteiger partial charge on any atom is -0.481 e. The first-order valence-corrected chi connectivity index (χ1v) is 5.86. The number of ether oxygens (including phenoxy) is 1. The highest BCUT2D eigenvalue weighted by molar-refractivity contribution is 5.80. The smallest absolute Gasteiger partial charge is 0.262 e. The lowest BCUT2D eigenvalue weighted by atomic mass is 10.1. The van der Waals surface area contributed by atoms with E-state index in [2.05, 4.69) is 0 Å². The third kappa shape index (κ3) is 4.20. The van der Waals surface area contributed by atoms with Crippen LogP contribution in [0, 0.1) is 0 Å². The average molecular weight is 249 g/mol. The van der Waals surface area contributed by atoms with Crippen molar-refractivity contribution in [1.29, 1.82) is 0 Å². The van der Waals surface area contributed by atoms with Crippen LogP contribution in [0.5, 0.6) is 5.75 Å². The molecule has 0 saturated heterocycles. The van der Waals surface area contributed by atoms with Gasteiger partial charge in [0.15, 0.2) is 6.10 Å². The summed E-state index contributed by atoms with van der Waals surface area (Å²) >= 11 is 0. The molecule has 0 N–H and O–H groups in total. The predicted octanol–water partition coefficient (Wildman–Crippen LogP) is 1.67. The number of ketones is 1. The third-order valence-corrected chi connectivity index (χ3v) is 2.48. The standard InChI is InChI=1S/C14H19NO3/c1-10(16)9-12-5-7-13(8-6-12)18-11(2)14(17)15(3)4/h5-8,11H,9H2,1-4H3. The zero-order chi connectivity index (χ0) is 13.7. The monoisotopic (exact) mass is 249 g/mol. The summed E-state index contributed by atoms with van der Waals surface area (Å²) in [4.78, 5) is 24.1. The van der Waals surface area contributed by atoms with E-state index in [9.17, 15) is 9.59 Å². The van der Waals surface area contributed by atoms with Crippen LogP contribution in [0.25, 0.3) is 0 Å². The molecule has 98 valence electrons. The van der Waals surface area contributed by atoms with Crippen molar-refractivity contribution >= 4 is 11.7 Å². The Bertz CT molecular complexity index is 423. The molecule has 1 rings (SSSR count). The molecule has 0 saturated carbocycles. The fraction of sp³-hybridized carbons (Fsp3) is 0.429. The molecule has 1 aromatic carbocycles. The molecular formula is C14H19NO3. The summed E-state index contributed by atoms with van der Waals surface area (Å²) in [5.74, 6) is 0.674. The van der Waals surface area contributed by atoms with Crippen molar-refractivity contribution in [1.82, 2.24) is 4.90 Å². The lowest BCUT2D eigenvalue weighted by Gasteiger charge is -2.18. The molecule has 1 aromatic rings. The van der Waals surface area contributed by atoms with Gasteiger partial charge < -0.3 is 9.64 Å². The van der Waals surface area contributed by atoms with Crippen LogP contribution in [0.1, 0.15) is 19.4 Å². The number of amides is 1. The van der Waals surface area contributed by atoms with Crippen molar-refractivity contribution < 1.29 is 14.3 Å². The van der Waals surface area contributed by atoms with Crippen LogP contribution in [0.3, 0.4) is 0 Å². The Balaban J connectivity index is 2.63. The van der Waals surface area contributed by atoms with Gasteiger partial charge in [0.05, 0.1) is 0 Å². The normalized spacial score (nSPS) is 11.8. The highest BCUT2D eigenvalue weighted by Gasteiger charge is 2.16. The Kier molecular flexibility index (Phi) is 4.89. The largest absolute Gasteiger partial charge is 0.481 e. The number of carbonyl (C=O) groups is 2. The van der Waals surface area contributed by atoms with Crippen LogP contribution in [0.4, 0.5) is 0 Å². The highest BCUT2D eigenvalue weighted by atomic mass is 16.5. The summed E-state index contributed by atoms with van der Waals surface area (Å²) < 4.78 is 5.52. The van der Waals surface area contributed by atoms with Crippen LogP contribution < -0.4 is 4.74 Å². The zero-order valence-electron chi connectivity index (χ0n) is 11.3. The van der Waals surface area contributed by atoms with Gasteiger partial charge in [0, 0.05) is 20.5 Å². The van der Waals surface area contributed by atoms with E-state index in [4.69, 9.17) is 4.74 Å². The molecular weight excluding hydrogens is 230 g/mol. The van der Waals surface area contributed by atoms with Crippen molar-refractivity contribution in [3.63, 3.8) is 0 Å². The molecule has 4 heteroatoms. The van der Waals surface area contributed by atoms with E-state index in [1.165, 1.54) is 4.90 Å². The van der Waals surface area contributed by atoms with Crippen LogP contribution in [-0.2, 0) is 16.0 Å². The minimum atomic E-state index is -0.515. The first kappa shape index (κ1) is 14.2. The maximum atomic E-state index is 11.6. The quantitative estimate of drug-likeness (QED) is 0.797. The molecule has 0 radical (unpaired) electrons. The Labute approximate surface area is 108 Å². The van der Waals surface area contributed by atoms with E-state index in [1.807, 2.05) is 12.1 Å². The van der Waals surface area contributed by atoms with Crippen molar-refractivity contribution in [2.75, 3.05) is 14.1 Å². The number of nitrogens with zero attached hydrogens (tertiary/aromatic N) is 1. The SMILES string of the molecule is CC(=O)Cc1ccc(OC(C)C(=O)N(C)C)cc1. The molecule has 0 bridgehead atoms. The van der Waals surface area contributed by atoms with E-state index in [-0.39, 0.29) is 11.7 Å². The fourth-order valence-corrected chi connectivity index (χ4v) is 1.59. The molecule has 1 amide bonds. The molecule has 0 aromatic heterocycles. The van der Waals surface area contributed by atoms with E-state index < -0.39 is 6.10 Å². The van der Waals surface area contributed by atoms with Gasteiger partial charge in [-0.25, -0.2) is 0 Å². The third-order valence-electron chi connectivity index (χ3n) is 2.48. The maximum absolute atomic E-state index is 11.6. The number of Topliss-reactive ketones (excluding diaryl/α,β-unsaturated/α-hetero) is 1. The molecule has 1 atom stereocenters. The van der Waals surface area contributed by atoms with Gasteiger partial charge in [-0.05, 0) is 31.5 Å². The molecule has 4 nitrogen and oxygen atoms in total. The second kappa shape index (κ2) is 6.19. The summed E-state index contributed by atoms with van der Waals surface area (Å²) in [6.07, 6.45) is -0.0921. The second-order valence-corrected chi connectivity index (χ2v) is 4.52. The first-order valence-electron chi connectivity index (χ1n) is 5.86. The van der Waals surface area contributed by atoms with Crippen LogP contribution >= 0.6 is 0 Å². The van der Waals surface area contributed by atoms with Gasteiger partial charge in [0.1, 0.15) is 11.5 Å². The number of carbonyl (C=O) groups excluding carboxylic acids is 2. The summed E-state index contributed by atoms with van der Waals surface area (Å²) in [6, 6.07) is 7.22. The van der Waals surface area contributed by atoms with Gasteiger partial charge in [-0.15, -0.1) is 0 Å². The number of rotatable bonds is 5. The lowest BCUT2D eigenvalue weighted by molar-refractivity contribution is -0.135. The Morgan fingerprint density at radius 1 is 1.22 bits per heavy atom. The molecule has 0 aliphatic carbocycles. The maximum Gasteiger partial charge on any atom is 0.262 e. The van der Waals surface area contributed by atoms with Crippen molar-refractivity contribution in [2.45, 2.75) is 26.4 Å². The summed E-state index contributed by atoms with van der Waals surface area (Å²) in [5, 5.41) is 0. The van der Waals surface area contributed by atoms with E-state index in [0.29, 0.717) is 12.2 Å². The van der Waals surface area contributed by atoms with Crippen molar-refractivity contribution in [2.24, 2.45) is 0 Å². The van der Waals surface area contributed by atoms with Crippen molar-refractivity contribution in [3.8, 4) is 5.75 Å². The minimum absolute atomic E-state index is 0.0807. The van der Waals surface area contributed by atoms with Gasteiger partial charge in [-0.2, -0.15) is 0 Å². The Hall–Kier alpha value is -1.84. The molecule has 0 aliphatic heterocycles. The van der Waals surface area contributed by atoms with E-state index in [1.54, 1.807) is 40.1 Å². The van der Waals surface area contributed by atoms with E-state index >= 15 is 0 Å². The fourth-order valence-electron chi connectivity index (χ4n) is 1.59. The van der Waals surface area contributed by atoms with Gasteiger partial charge in [0.2, 0.25) is 0 Å². The van der Waals surface area contributed by atoms with Gasteiger partial charge >= 0.3 is 0 Å². The van der Waals surface area contributed by atoms with Crippen LogP contribution in [0.2, 0.25) is 0 Å². The molecule has 1 unspecified atom stereocenters. The first-order chi connectivity index (χ1) is 8.40. The number of hydrogen-bond acceptors (Lipinski definition) is 3. The van der Waals surface area contributed by atoms with Gasteiger partial charge in [-0.3, -0.25) is 9.59 Å². The predicted molar refractivity (Wildman–Crippen MR) is 69.6 cm³/mol. The van der Waals surface area contributed by atoms with Crippen LogP contribution in [-0.4, -0.2) is 36.8 Å². The molecule has 18 heavy (non-hydrogen) atoms. The molecule has 0 fully saturated rings. The number of hydrogen-bond donors (Lipinski definition) is 0. The van der Waals surface area contributed by atoms with E-state index in [0.717, 1.165) is 5.56 Å². The lowest BCUT2D eigenvalue weighted by Crippen LogP contribution is -2.35. The topological polar surface area (TPSA) is 46.6 Å². The number of likely N-dealkylation sites (N-methyl/N-ethyl adjacent to an activating group) is 1. The van der Waals surface area contributed by atoms with Gasteiger partial charge in [-0.1, -0.05) is 12.1 Å². The average Bonchev–Trinajstić information content (AvgIpc) is 2.29. The summed E-state index contributed by atoms with van der Waals surface area (Å²) in [5.41, 5.74) is 0.946. The molecule has 0 heterocycles.